The van der Waals surface area contributed by atoms with Crippen LogP contribution in [0.4, 0.5) is 10.7 Å². The fraction of sp³-hybridized carbons (Fsp3) is 0.593. The second-order valence-electron chi connectivity index (χ2n) is 11.0. The van der Waals surface area contributed by atoms with Gasteiger partial charge in [-0.2, -0.15) is 4.31 Å². The number of amides is 2. The average molecular weight is 543 g/mol. The van der Waals surface area contributed by atoms with Gasteiger partial charge in [-0.25, -0.2) is 23.2 Å². The number of ether oxygens (including phenoxy) is 1. The summed E-state index contributed by atoms with van der Waals surface area (Å²) in [5, 5.41) is 6.44. The summed E-state index contributed by atoms with van der Waals surface area (Å²) in [4.78, 5) is 24.7. The van der Waals surface area contributed by atoms with Crippen molar-refractivity contribution in [1.82, 2.24) is 24.5 Å². The molecule has 1 aromatic heterocycles. The molecule has 1 atom stereocenters. The van der Waals surface area contributed by atoms with E-state index in [0.29, 0.717) is 30.4 Å². The molecule has 2 saturated heterocycles. The smallest absolute Gasteiger partial charge is 0.318 e. The lowest BCUT2D eigenvalue weighted by molar-refractivity contribution is 0.0903. The summed E-state index contributed by atoms with van der Waals surface area (Å²) >= 11 is 0. The second-order valence-corrected chi connectivity index (χ2v) is 12.9. The Morgan fingerprint density at radius 1 is 1.18 bits per heavy atom. The molecule has 0 bridgehead atoms. The van der Waals surface area contributed by atoms with Crippen molar-refractivity contribution in [2.75, 3.05) is 31.6 Å². The number of anilines is 1. The minimum atomic E-state index is -3.65. The summed E-state index contributed by atoms with van der Waals surface area (Å²) in [5.41, 5.74) is 2.07. The van der Waals surface area contributed by atoms with Crippen LogP contribution in [0, 0.1) is 6.92 Å². The highest BCUT2D eigenvalue weighted by Crippen LogP contribution is 2.38. The number of aryl methyl sites for hydroxylation is 1. The fourth-order valence-electron chi connectivity index (χ4n) is 5.67. The predicted octanol–water partition coefficient (Wildman–Crippen LogP) is 3.38. The van der Waals surface area contributed by atoms with Crippen molar-refractivity contribution in [3.05, 3.63) is 47.3 Å². The third-order valence-electron chi connectivity index (χ3n) is 7.97. The highest BCUT2D eigenvalue weighted by atomic mass is 32.2. The highest BCUT2D eigenvalue weighted by molar-refractivity contribution is 7.89. The molecule has 206 valence electrons. The standard InChI is InChI=1S/C27H38N6O4S/c1-19-7-6-9-22(15-19)38(35,36)33-12-5-4-8-21(33)16-29-26(34)32-18-24-23(27(32,2)3)17-28-25(31-24)30-20-10-13-37-14-11-20/h6-7,9,15,17,20-21H,4-5,8,10-14,16,18H2,1-3H3,(H,29,34)(H,28,30,31). The molecule has 2 amide bonds. The van der Waals surface area contributed by atoms with Crippen LogP contribution < -0.4 is 10.6 Å². The third-order valence-corrected chi connectivity index (χ3v) is 9.92. The zero-order valence-corrected chi connectivity index (χ0v) is 23.3. The Morgan fingerprint density at radius 2 is 1.97 bits per heavy atom. The first-order valence-electron chi connectivity index (χ1n) is 13.5. The number of carbonyl (C=O) groups is 1. The van der Waals surface area contributed by atoms with Crippen LogP contribution in [0.3, 0.4) is 0 Å². The number of hydrogen-bond acceptors (Lipinski definition) is 7. The molecule has 11 heteroatoms. The Labute approximate surface area is 225 Å². The van der Waals surface area contributed by atoms with Gasteiger partial charge in [-0.05, 0) is 64.2 Å². The largest absolute Gasteiger partial charge is 0.381 e. The van der Waals surface area contributed by atoms with Gasteiger partial charge in [0.15, 0.2) is 0 Å². The van der Waals surface area contributed by atoms with E-state index >= 15 is 0 Å². The van der Waals surface area contributed by atoms with Gasteiger partial charge in [-0.15, -0.1) is 0 Å². The van der Waals surface area contributed by atoms with E-state index in [-0.39, 0.29) is 24.7 Å². The van der Waals surface area contributed by atoms with Gasteiger partial charge < -0.3 is 20.3 Å². The quantitative estimate of drug-likeness (QED) is 0.575. The summed E-state index contributed by atoms with van der Waals surface area (Å²) in [6.45, 7) is 8.41. The van der Waals surface area contributed by atoms with Crippen molar-refractivity contribution < 1.29 is 17.9 Å². The Balaban J connectivity index is 1.25. The lowest BCUT2D eigenvalue weighted by atomic mass is 9.97. The highest BCUT2D eigenvalue weighted by Gasteiger charge is 2.42. The van der Waals surface area contributed by atoms with Crippen molar-refractivity contribution in [3.63, 3.8) is 0 Å². The number of fused-ring (bicyclic) bond motifs is 1. The molecule has 1 unspecified atom stereocenters. The monoisotopic (exact) mass is 542 g/mol. The van der Waals surface area contributed by atoms with Gasteiger partial charge in [0.1, 0.15) is 0 Å². The molecule has 3 aliphatic heterocycles. The fourth-order valence-corrected chi connectivity index (χ4v) is 7.47. The van der Waals surface area contributed by atoms with Crippen LogP contribution in [-0.4, -0.2) is 72.0 Å². The van der Waals surface area contributed by atoms with Crippen LogP contribution >= 0.6 is 0 Å². The van der Waals surface area contributed by atoms with E-state index in [4.69, 9.17) is 9.72 Å². The number of hydrogen-bond donors (Lipinski definition) is 2. The van der Waals surface area contributed by atoms with Gasteiger partial charge in [0, 0.05) is 50.1 Å². The van der Waals surface area contributed by atoms with Crippen LogP contribution in [0.5, 0.6) is 0 Å². The van der Waals surface area contributed by atoms with E-state index in [1.54, 1.807) is 27.4 Å². The summed E-state index contributed by atoms with van der Waals surface area (Å²) in [7, 11) is -3.65. The number of sulfonamides is 1. The predicted molar refractivity (Wildman–Crippen MR) is 144 cm³/mol. The molecule has 1 aromatic carbocycles. The zero-order valence-electron chi connectivity index (χ0n) is 22.4. The van der Waals surface area contributed by atoms with Crippen molar-refractivity contribution in [3.8, 4) is 0 Å². The zero-order chi connectivity index (χ0) is 26.9. The van der Waals surface area contributed by atoms with Crippen LogP contribution in [-0.2, 0) is 26.8 Å². The van der Waals surface area contributed by atoms with Crippen LogP contribution in [0.15, 0.2) is 35.4 Å². The van der Waals surface area contributed by atoms with Gasteiger partial charge >= 0.3 is 6.03 Å². The van der Waals surface area contributed by atoms with Crippen molar-refractivity contribution >= 4 is 22.0 Å². The molecule has 5 rings (SSSR count). The maximum Gasteiger partial charge on any atom is 0.318 e. The number of piperidine rings is 1. The Kier molecular flexibility index (Phi) is 7.61. The summed E-state index contributed by atoms with van der Waals surface area (Å²) in [6.07, 6.45) is 6.10. The minimum Gasteiger partial charge on any atom is -0.381 e. The Bertz CT molecular complexity index is 1280. The molecule has 2 aromatic rings. The number of carbonyl (C=O) groups excluding carboxylic acids is 1. The van der Waals surface area contributed by atoms with Crippen molar-refractivity contribution in [2.24, 2.45) is 0 Å². The summed E-state index contributed by atoms with van der Waals surface area (Å²) in [6, 6.07) is 6.76. The number of nitrogens with zero attached hydrogens (tertiary/aromatic N) is 4. The molecule has 0 spiro atoms. The van der Waals surface area contributed by atoms with Crippen molar-refractivity contribution in [1.29, 1.82) is 0 Å². The van der Waals surface area contributed by atoms with E-state index in [0.717, 1.165) is 55.7 Å². The minimum absolute atomic E-state index is 0.231. The number of aromatic nitrogens is 2. The molecule has 4 heterocycles. The molecule has 2 fully saturated rings. The van der Waals surface area contributed by atoms with Gasteiger partial charge in [-0.1, -0.05) is 18.6 Å². The lowest BCUT2D eigenvalue weighted by Gasteiger charge is -2.36. The molecule has 10 nitrogen and oxygen atoms in total. The summed E-state index contributed by atoms with van der Waals surface area (Å²) in [5.74, 6) is 0.577. The van der Waals surface area contributed by atoms with E-state index in [1.807, 2.05) is 33.0 Å². The van der Waals surface area contributed by atoms with E-state index in [2.05, 4.69) is 15.6 Å². The first-order valence-corrected chi connectivity index (χ1v) is 14.9. The average Bonchev–Trinajstić information content (AvgIpc) is 3.17. The van der Waals surface area contributed by atoms with Gasteiger partial charge in [0.25, 0.3) is 0 Å². The van der Waals surface area contributed by atoms with Gasteiger partial charge in [0.05, 0.1) is 22.7 Å². The normalized spacial score (nSPS) is 22.2. The van der Waals surface area contributed by atoms with Gasteiger partial charge in [-0.3, -0.25) is 0 Å². The van der Waals surface area contributed by atoms with Crippen molar-refractivity contribution in [2.45, 2.75) is 81.9 Å². The topological polar surface area (TPSA) is 117 Å². The number of urea groups is 1. The number of rotatable bonds is 6. The Morgan fingerprint density at radius 3 is 2.74 bits per heavy atom. The molecule has 38 heavy (non-hydrogen) atoms. The van der Waals surface area contributed by atoms with E-state index in [9.17, 15) is 13.2 Å². The number of nitrogens with one attached hydrogen (secondary N) is 2. The van der Waals surface area contributed by atoms with E-state index < -0.39 is 15.6 Å². The van der Waals surface area contributed by atoms with Crippen LogP contribution in [0.25, 0.3) is 0 Å². The van der Waals surface area contributed by atoms with Crippen LogP contribution in [0.1, 0.15) is 62.8 Å². The number of benzene rings is 1. The molecule has 0 saturated carbocycles. The lowest BCUT2D eigenvalue weighted by Crippen LogP contribution is -2.52. The first-order chi connectivity index (χ1) is 18.2. The molecule has 0 aliphatic carbocycles. The maximum absolute atomic E-state index is 13.5. The van der Waals surface area contributed by atoms with Crippen LogP contribution in [0.2, 0.25) is 0 Å². The molecular formula is C27H38N6O4S. The molecule has 2 N–H and O–H groups in total. The second kappa shape index (κ2) is 10.8. The molecular weight excluding hydrogens is 504 g/mol. The SMILES string of the molecule is Cc1cccc(S(=O)(=O)N2CCCCC2CNC(=O)N2Cc3nc(NC4CCOCC4)ncc3C2(C)C)c1. The third kappa shape index (κ3) is 5.37. The molecule has 0 radical (unpaired) electrons. The summed E-state index contributed by atoms with van der Waals surface area (Å²) < 4.78 is 33.9. The Hall–Kier alpha value is -2.76. The molecule has 3 aliphatic rings. The maximum atomic E-state index is 13.5. The van der Waals surface area contributed by atoms with Gasteiger partial charge in [0.2, 0.25) is 16.0 Å². The van der Waals surface area contributed by atoms with E-state index in [1.165, 1.54) is 0 Å². The first kappa shape index (κ1) is 26.8.